The number of hydrogen-bond donors (Lipinski definition) is 1. The van der Waals surface area contributed by atoms with Crippen LogP contribution in [0.15, 0.2) is 41.4 Å². The molecule has 3 saturated heterocycles. The highest BCUT2D eigenvalue weighted by Crippen LogP contribution is 2.28. The van der Waals surface area contributed by atoms with Gasteiger partial charge in [0.05, 0.1) is 4.90 Å². The number of hydrogen-bond acceptors (Lipinski definition) is 8. The lowest BCUT2D eigenvalue weighted by molar-refractivity contribution is -0.274. The van der Waals surface area contributed by atoms with Crippen LogP contribution in [-0.2, 0) is 10.0 Å². The minimum atomic E-state index is -4.82. The average molecular weight is 583 g/mol. The first-order valence-electron chi connectivity index (χ1n) is 14.1. The topological polar surface area (TPSA) is 90.9 Å². The second-order valence-corrected chi connectivity index (χ2v) is 12.7. The van der Waals surface area contributed by atoms with Gasteiger partial charge in [-0.3, -0.25) is 4.90 Å². The van der Waals surface area contributed by atoms with Gasteiger partial charge in [0.1, 0.15) is 11.6 Å². The Morgan fingerprint density at radius 1 is 0.875 bits per heavy atom. The largest absolute Gasteiger partial charge is 0.573 e. The van der Waals surface area contributed by atoms with Gasteiger partial charge in [-0.2, -0.15) is 9.29 Å². The summed E-state index contributed by atoms with van der Waals surface area (Å²) in [5.74, 6) is 1.18. The molecular formula is C27H37F3N6O3S. The van der Waals surface area contributed by atoms with Crippen LogP contribution in [0.5, 0.6) is 5.75 Å². The van der Waals surface area contributed by atoms with Gasteiger partial charge in [-0.25, -0.2) is 13.4 Å². The molecule has 0 spiro atoms. The van der Waals surface area contributed by atoms with E-state index in [9.17, 15) is 21.6 Å². The summed E-state index contributed by atoms with van der Waals surface area (Å²) in [6, 6.07) is 6.84. The third kappa shape index (κ3) is 7.35. The summed E-state index contributed by atoms with van der Waals surface area (Å²) in [7, 11) is -3.80. The highest BCUT2D eigenvalue weighted by atomic mass is 32.2. The summed E-state index contributed by atoms with van der Waals surface area (Å²) in [5, 5.41) is 3.54. The zero-order chi connectivity index (χ0) is 28.2. The van der Waals surface area contributed by atoms with Crippen molar-refractivity contribution in [2.75, 3.05) is 49.5 Å². The third-order valence-corrected chi connectivity index (χ3v) is 9.90. The van der Waals surface area contributed by atoms with Crippen LogP contribution in [0.2, 0.25) is 0 Å². The zero-order valence-corrected chi connectivity index (χ0v) is 23.3. The molecule has 1 aromatic heterocycles. The first-order valence-corrected chi connectivity index (χ1v) is 15.6. The molecule has 3 aliphatic heterocycles. The molecule has 1 aromatic carbocycles. The van der Waals surface area contributed by atoms with Crippen molar-refractivity contribution in [2.45, 2.75) is 74.7 Å². The van der Waals surface area contributed by atoms with E-state index in [4.69, 9.17) is 4.98 Å². The minimum absolute atomic E-state index is 0.0369. The van der Waals surface area contributed by atoms with E-state index in [2.05, 4.69) is 24.8 Å². The van der Waals surface area contributed by atoms with Gasteiger partial charge in [0, 0.05) is 51.0 Å². The van der Waals surface area contributed by atoms with E-state index in [1.165, 1.54) is 30.0 Å². The van der Waals surface area contributed by atoms with Gasteiger partial charge in [0.15, 0.2) is 0 Å². The first kappa shape index (κ1) is 28.9. The van der Waals surface area contributed by atoms with Gasteiger partial charge in [-0.05, 0) is 75.4 Å². The molecule has 0 aliphatic carbocycles. The van der Waals surface area contributed by atoms with E-state index in [0.29, 0.717) is 31.9 Å². The normalized spacial score (nSPS) is 22.6. The first-order chi connectivity index (χ1) is 19.2. The molecule has 1 unspecified atom stereocenters. The number of anilines is 2. The second-order valence-electron chi connectivity index (χ2n) is 10.8. The predicted molar refractivity (Wildman–Crippen MR) is 146 cm³/mol. The summed E-state index contributed by atoms with van der Waals surface area (Å²) in [6.07, 6.45) is 5.36. The summed E-state index contributed by atoms with van der Waals surface area (Å²) in [4.78, 5) is 14.0. The fourth-order valence-electron chi connectivity index (χ4n) is 5.94. The molecule has 220 valence electrons. The maximum absolute atomic E-state index is 13.1. The highest BCUT2D eigenvalue weighted by molar-refractivity contribution is 7.89. The number of piperidine rings is 2. The summed E-state index contributed by atoms with van der Waals surface area (Å²) in [5.41, 5.74) is 0. The lowest BCUT2D eigenvalue weighted by atomic mass is 9.99. The molecule has 3 fully saturated rings. The highest BCUT2D eigenvalue weighted by Gasteiger charge is 2.34. The Balaban J connectivity index is 1.14. The minimum Gasteiger partial charge on any atom is -0.406 e. The smallest absolute Gasteiger partial charge is 0.406 e. The van der Waals surface area contributed by atoms with Gasteiger partial charge in [-0.15, -0.1) is 13.2 Å². The van der Waals surface area contributed by atoms with E-state index in [-0.39, 0.29) is 17.0 Å². The monoisotopic (exact) mass is 582 g/mol. The molecule has 0 bridgehead atoms. The van der Waals surface area contributed by atoms with Gasteiger partial charge >= 0.3 is 6.36 Å². The Hall–Kier alpha value is -2.64. The number of nitrogens with one attached hydrogen (secondary N) is 1. The van der Waals surface area contributed by atoms with Crippen LogP contribution in [0.3, 0.4) is 0 Å². The molecule has 0 amide bonds. The van der Waals surface area contributed by atoms with Crippen LogP contribution >= 0.6 is 0 Å². The standard InChI is InChI=1S/C27H37F3N6O3S/c28-27(29,30)39-23-7-9-24(10-8-23)40(37,38)36-18-12-22(13-19-36)35-17-5-6-21(20-35)32-26-31-14-11-25(33-26)34-15-3-1-2-4-16-34/h7-11,14,21-22H,1-6,12-13,15-20H2,(H,31,32,33). The van der Waals surface area contributed by atoms with Gasteiger partial charge < -0.3 is 15.0 Å². The molecule has 0 radical (unpaired) electrons. The molecule has 1 atom stereocenters. The number of likely N-dealkylation sites (tertiary alicyclic amines) is 1. The zero-order valence-electron chi connectivity index (χ0n) is 22.5. The van der Waals surface area contributed by atoms with E-state index in [1.54, 1.807) is 0 Å². The van der Waals surface area contributed by atoms with Crippen molar-refractivity contribution in [2.24, 2.45) is 0 Å². The number of nitrogens with zero attached hydrogens (tertiary/aromatic N) is 5. The number of alkyl halides is 3. The fourth-order valence-corrected chi connectivity index (χ4v) is 7.41. The van der Waals surface area contributed by atoms with Crippen LogP contribution in [0, 0.1) is 0 Å². The molecule has 9 nitrogen and oxygen atoms in total. The van der Waals surface area contributed by atoms with Crippen LogP contribution < -0.4 is 15.0 Å². The van der Waals surface area contributed by atoms with Gasteiger partial charge in [0.25, 0.3) is 0 Å². The van der Waals surface area contributed by atoms with E-state index < -0.39 is 22.1 Å². The quantitative estimate of drug-likeness (QED) is 0.511. The van der Waals surface area contributed by atoms with Gasteiger partial charge in [0.2, 0.25) is 16.0 Å². The SMILES string of the molecule is O=S(=O)(c1ccc(OC(F)(F)F)cc1)N1CCC(N2CCCC(Nc3nccc(N4CCCCCC4)n3)C2)CC1. The lowest BCUT2D eigenvalue weighted by Gasteiger charge is -2.42. The van der Waals surface area contributed by atoms with Crippen LogP contribution in [0.4, 0.5) is 24.9 Å². The van der Waals surface area contributed by atoms with E-state index in [0.717, 1.165) is 69.1 Å². The Morgan fingerprint density at radius 3 is 2.25 bits per heavy atom. The molecule has 40 heavy (non-hydrogen) atoms. The molecular weight excluding hydrogens is 545 g/mol. The van der Waals surface area contributed by atoms with Crippen molar-refractivity contribution in [1.29, 1.82) is 0 Å². The molecule has 1 N–H and O–H groups in total. The molecule has 2 aromatic rings. The molecule has 3 aliphatic rings. The molecule has 4 heterocycles. The molecule has 5 rings (SSSR count). The number of rotatable bonds is 7. The maximum atomic E-state index is 13.1. The summed E-state index contributed by atoms with van der Waals surface area (Å²) < 4.78 is 68.8. The maximum Gasteiger partial charge on any atom is 0.573 e. The van der Waals surface area contributed by atoms with E-state index in [1.807, 2.05) is 12.3 Å². The third-order valence-electron chi connectivity index (χ3n) is 7.99. The number of benzene rings is 1. The second kappa shape index (κ2) is 12.5. The lowest BCUT2D eigenvalue weighted by Crippen LogP contribution is -2.51. The Morgan fingerprint density at radius 2 is 1.57 bits per heavy atom. The Bertz CT molecular complexity index is 1210. The van der Waals surface area contributed by atoms with Crippen LogP contribution in [0.1, 0.15) is 51.4 Å². The van der Waals surface area contributed by atoms with Crippen molar-refractivity contribution in [3.8, 4) is 5.75 Å². The predicted octanol–water partition coefficient (Wildman–Crippen LogP) is 4.49. The Labute approximate surface area is 233 Å². The van der Waals surface area contributed by atoms with Crippen molar-refractivity contribution in [1.82, 2.24) is 19.2 Å². The summed E-state index contributed by atoms with van der Waals surface area (Å²) in [6.45, 7) is 4.59. The Kier molecular flexibility index (Phi) is 9.01. The van der Waals surface area contributed by atoms with Crippen molar-refractivity contribution >= 4 is 21.8 Å². The summed E-state index contributed by atoms with van der Waals surface area (Å²) >= 11 is 0. The average Bonchev–Trinajstić information content (AvgIpc) is 3.23. The molecule has 13 heteroatoms. The van der Waals surface area contributed by atoms with Gasteiger partial charge in [-0.1, -0.05) is 12.8 Å². The number of ether oxygens (including phenoxy) is 1. The number of halogens is 3. The fraction of sp³-hybridized carbons (Fsp3) is 0.630. The van der Waals surface area contributed by atoms with Crippen LogP contribution in [-0.4, -0.2) is 85.3 Å². The van der Waals surface area contributed by atoms with Crippen molar-refractivity contribution in [3.63, 3.8) is 0 Å². The van der Waals surface area contributed by atoms with Crippen molar-refractivity contribution in [3.05, 3.63) is 36.5 Å². The van der Waals surface area contributed by atoms with E-state index >= 15 is 0 Å². The van der Waals surface area contributed by atoms with Crippen LogP contribution in [0.25, 0.3) is 0 Å². The number of aromatic nitrogens is 2. The van der Waals surface area contributed by atoms with Crippen molar-refractivity contribution < 1.29 is 26.3 Å². The molecule has 0 saturated carbocycles. The number of sulfonamides is 1.